The van der Waals surface area contributed by atoms with Gasteiger partial charge in [-0.2, -0.15) is 0 Å². The van der Waals surface area contributed by atoms with Gasteiger partial charge in [0.15, 0.2) is 11.5 Å². The van der Waals surface area contributed by atoms with Crippen molar-refractivity contribution in [3.05, 3.63) is 64.3 Å². The van der Waals surface area contributed by atoms with Crippen LogP contribution in [-0.2, 0) is 4.79 Å². The fourth-order valence-electron chi connectivity index (χ4n) is 2.88. The number of benzene rings is 2. The van der Waals surface area contributed by atoms with Gasteiger partial charge in [0.25, 0.3) is 17.1 Å². The van der Waals surface area contributed by atoms with Gasteiger partial charge in [-0.1, -0.05) is 6.07 Å². The Morgan fingerprint density at radius 1 is 1.16 bits per heavy atom. The van der Waals surface area contributed by atoms with Crippen LogP contribution in [0.1, 0.15) is 22.8 Å². The topological polar surface area (TPSA) is 84.9 Å². The lowest BCUT2D eigenvalue weighted by Crippen LogP contribution is -2.37. The number of imide groups is 1. The van der Waals surface area contributed by atoms with Gasteiger partial charge in [0.05, 0.1) is 18.6 Å². The minimum atomic E-state index is -0.439. The van der Waals surface area contributed by atoms with Crippen LogP contribution >= 0.6 is 11.8 Å². The van der Waals surface area contributed by atoms with Gasteiger partial charge in [-0.3, -0.25) is 19.3 Å². The van der Waals surface area contributed by atoms with Crippen LogP contribution in [0.2, 0.25) is 0 Å². The summed E-state index contributed by atoms with van der Waals surface area (Å²) in [5, 5.41) is 2.21. The van der Waals surface area contributed by atoms with Crippen molar-refractivity contribution >= 4 is 34.9 Å². The first kappa shape index (κ1) is 22.4. The molecule has 0 unspecified atom stereocenters. The average molecular weight is 444 g/mol. The predicted molar refractivity (Wildman–Crippen MR) is 116 cm³/mol. The summed E-state index contributed by atoms with van der Waals surface area (Å²) in [6.45, 7) is 2.47. The van der Waals surface area contributed by atoms with Crippen molar-refractivity contribution in [2.45, 2.75) is 6.92 Å². The number of amides is 3. The Hall–Kier alpha value is -3.33. The highest BCUT2D eigenvalue weighted by atomic mass is 32.2. The van der Waals surface area contributed by atoms with E-state index < -0.39 is 22.9 Å². The van der Waals surface area contributed by atoms with E-state index in [2.05, 4.69) is 5.32 Å². The molecule has 0 bridgehead atoms. The van der Waals surface area contributed by atoms with Gasteiger partial charge in [-0.15, -0.1) is 0 Å². The Morgan fingerprint density at radius 2 is 1.90 bits per heavy atom. The monoisotopic (exact) mass is 444 g/mol. The molecule has 0 aliphatic carbocycles. The molecular weight excluding hydrogens is 423 g/mol. The number of methoxy groups -OCH3 is 1. The molecular formula is C22H21FN2O5S. The van der Waals surface area contributed by atoms with Crippen molar-refractivity contribution in [1.29, 1.82) is 0 Å². The number of halogens is 1. The lowest BCUT2D eigenvalue weighted by Gasteiger charge is -2.13. The summed E-state index contributed by atoms with van der Waals surface area (Å²) in [5.41, 5.74) is 0.982. The Labute approximate surface area is 183 Å². The minimum Gasteiger partial charge on any atom is -0.493 e. The Balaban J connectivity index is 1.62. The molecule has 0 spiro atoms. The molecule has 31 heavy (non-hydrogen) atoms. The fraction of sp³-hybridized carbons (Fsp3) is 0.227. The number of nitrogens with zero attached hydrogens (tertiary/aromatic N) is 1. The maximum atomic E-state index is 12.9. The molecule has 1 N–H and O–H groups in total. The van der Waals surface area contributed by atoms with Gasteiger partial charge in [0, 0.05) is 18.7 Å². The zero-order valence-electron chi connectivity index (χ0n) is 17.0. The van der Waals surface area contributed by atoms with Crippen LogP contribution in [0, 0.1) is 5.82 Å². The van der Waals surface area contributed by atoms with Gasteiger partial charge in [0.2, 0.25) is 0 Å². The molecule has 2 aromatic carbocycles. The second-order valence-corrected chi connectivity index (χ2v) is 7.43. The molecule has 0 radical (unpaired) electrons. The summed E-state index contributed by atoms with van der Waals surface area (Å²) in [6.07, 6.45) is 1.61. The molecule has 3 amide bonds. The molecule has 7 nitrogen and oxygen atoms in total. The van der Waals surface area contributed by atoms with Gasteiger partial charge in [-0.25, -0.2) is 4.39 Å². The Kier molecular flexibility index (Phi) is 7.30. The van der Waals surface area contributed by atoms with Crippen molar-refractivity contribution in [3.63, 3.8) is 0 Å². The van der Waals surface area contributed by atoms with Gasteiger partial charge >= 0.3 is 0 Å². The number of carbonyl (C=O) groups excluding carboxylic acids is 3. The van der Waals surface area contributed by atoms with Gasteiger partial charge in [0.1, 0.15) is 5.82 Å². The van der Waals surface area contributed by atoms with Crippen LogP contribution in [0.3, 0.4) is 0 Å². The van der Waals surface area contributed by atoms with E-state index in [1.165, 1.54) is 31.4 Å². The van der Waals surface area contributed by atoms with Gasteiger partial charge in [-0.05, 0) is 66.7 Å². The second-order valence-electron chi connectivity index (χ2n) is 6.44. The minimum absolute atomic E-state index is 0.0293. The summed E-state index contributed by atoms with van der Waals surface area (Å²) in [7, 11) is 1.52. The molecule has 1 fully saturated rings. The number of rotatable bonds is 8. The van der Waals surface area contributed by atoms with E-state index in [0.717, 1.165) is 16.7 Å². The average Bonchev–Trinajstić information content (AvgIpc) is 3.02. The summed E-state index contributed by atoms with van der Waals surface area (Å²) < 4.78 is 23.7. The van der Waals surface area contributed by atoms with Crippen LogP contribution in [-0.4, -0.2) is 48.8 Å². The van der Waals surface area contributed by atoms with Crippen LogP contribution in [0.5, 0.6) is 11.5 Å². The van der Waals surface area contributed by atoms with Crippen molar-refractivity contribution < 1.29 is 28.2 Å². The summed E-state index contributed by atoms with van der Waals surface area (Å²) >= 11 is 0.833. The van der Waals surface area contributed by atoms with Crippen LogP contribution in [0.25, 0.3) is 6.08 Å². The molecule has 1 heterocycles. The van der Waals surface area contributed by atoms with Crippen molar-refractivity contribution in [2.24, 2.45) is 0 Å². The number of nitrogens with one attached hydrogen (secondary N) is 1. The first-order valence-electron chi connectivity index (χ1n) is 9.53. The predicted octanol–water partition coefficient (Wildman–Crippen LogP) is 3.70. The first-order valence-corrected chi connectivity index (χ1v) is 10.3. The van der Waals surface area contributed by atoms with Gasteiger partial charge < -0.3 is 14.8 Å². The number of carbonyl (C=O) groups is 3. The Morgan fingerprint density at radius 3 is 2.58 bits per heavy atom. The highest BCUT2D eigenvalue weighted by molar-refractivity contribution is 8.18. The number of ether oxygens (including phenoxy) is 2. The van der Waals surface area contributed by atoms with E-state index in [-0.39, 0.29) is 18.0 Å². The van der Waals surface area contributed by atoms with E-state index in [9.17, 15) is 18.8 Å². The fourth-order valence-corrected chi connectivity index (χ4v) is 3.74. The lowest BCUT2D eigenvalue weighted by atomic mass is 10.2. The maximum Gasteiger partial charge on any atom is 0.293 e. The van der Waals surface area contributed by atoms with Crippen LogP contribution in [0.15, 0.2) is 47.4 Å². The molecule has 1 saturated heterocycles. The van der Waals surface area contributed by atoms with E-state index in [1.807, 2.05) is 6.92 Å². The van der Waals surface area contributed by atoms with E-state index >= 15 is 0 Å². The van der Waals surface area contributed by atoms with Crippen molar-refractivity contribution in [3.8, 4) is 11.5 Å². The summed E-state index contributed by atoms with van der Waals surface area (Å²) in [6, 6.07) is 10.3. The molecule has 0 saturated carbocycles. The van der Waals surface area contributed by atoms with E-state index in [4.69, 9.17) is 9.47 Å². The molecule has 9 heteroatoms. The van der Waals surface area contributed by atoms with Crippen molar-refractivity contribution in [2.75, 3.05) is 26.8 Å². The second kappa shape index (κ2) is 10.1. The third-order valence-electron chi connectivity index (χ3n) is 4.39. The SMILES string of the molecule is CCOc1ccc(C=C2SC(=O)N(CCNC(=O)c3ccc(F)cc3)C2=O)cc1OC. The quantitative estimate of drug-likeness (QED) is 0.625. The summed E-state index contributed by atoms with van der Waals surface area (Å²) in [5.74, 6) is -0.167. The summed E-state index contributed by atoms with van der Waals surface area (Å²) in [4.78, 5) is 38.3. The molecule has 1 aliphatic rings. The van der Waals surface area contributed by atoms with Crippen molar-refractivity contribution in [1.82, 2.24) is 10.2 Å². The Bertz CT molecular complexity index is 1020. The highest BCUT2D eigenvalue weighted by Gasteiger charge is 2.34. The highest BCUT2D eigenvalue weighted by Crippen LogP contribution is 2.34. The van der Waals surface area contributed by atoms with Crippen LogP contribution in [0.4, 0.5) is 9.18 Å². The maximum absolute atomic E-state index is 12.9. The third kappa shape index (κ3) is 5.43. The number of hydrogen-bond acceptors (Lipinski definition) is 6. The van der Waals surface area contributed by atoms with E-state index in [1.54, 1.807) is 24.3 Å². The third-order valence-corrected chi connectivity index (χ3v) is 5.29. The molecule has 1 aliphatic heterocycles. The van der Waals surface area contributed by atoms with E-state index in [0.29, 0.717) is 29.2 Å². The standard InChI is InChI=1S/C22H21FN2O5S/c1-3-30-17-9-4-14(12-18(17)29-2)13-19-21(27)25(22(28)31-19)11-10-24-20(26)15-5-7-16(23)8-6-15/h4-9,12-13H,3,10-11H2,1-2H3,(H,24,26). The number of hydrogen-bond donors (Lipinski definition) is 1. The normalized spacial score (nSPS) is 14.8. The zero-order chi connectivity index (χ0) is 22.4. The largest absolute Gasteiger partial charge is 0.493 e. The number of thioether (sulfide) groups is 1. The lowest BCUT2D eigenvalue weighted by molar-refractivity contribution is -0.122. The molecule has 0 aromatic heterocycles. The first-order chi connectivity index (χ1) is 14.9. The molecule has 162 valence electrons. The molecule has 3 rings (SSSR count). The smallest absolute Gasteiger partial charge is 0.293 e. The van der Waals surface area contributed by atoms with Crippen LogP contribution < -0.4 is 14.8 Å². The zero-order valence-corrected chi connectivity index (χ0v) is 17.8. The molecule has 0 atom stereocenters. The molecule has 2 aromatic rings.